The van der Waals surface area contributed by atoms with E-state index in [1.165, 1.54) is 11.3 Å². The molecule has 2 rings (SSSR count). The van der Waals surface area contributed by atoms with Gasteiger partial charge < -0.3 is 10.2 Å². The number of hydrogen-bond acceptors (Lipinski definition) is 3. The van der Waals surface area contributed by atoms with Crippen LogP contribution >= 0.6 is 11.6 Å². The van der Waals surface area contributed by atoms with Crippen LogP contribution in [-0.4, -0.2) is 43.7 Å². The quantitative estimate of drug-likeness (QED) is 0.897. The van der Waals surface area contributed by atoms with Crippen LogP contribution in [-0.2, 0) is 0 Å². The van der Waals surface area contributed by atoms with Crippen molar-refractivity contribution in [3.63, 3.8) is 0 Å². The first-order chi connectivity index (χ1) is 10.0. The maximum absolute atomic E-state index is 6.48. The lowest BCUT2D eigenvalue weighted by Crippen LogP contribution is -2.48. The molecule has 1 aromatic carbocycles. The highest BCUT2D eigenvalue weighted by atomic mass is 35.5. The van der Waals surface area contributed by atoms with Crippen LogP contribution in [0.25, 0.3) is 0 Å². The van der Waals surface area contributed by atoms with Crippen LogP contribution in [0.2, 0.25) is 5.02 Å². The summed E-state index contributed by atoms with van der Waals surface area (Å²) in [4.78, 5) is 4.96. The van der Waals surface area contributed by atoms with Crippen molar-refractivity contribution in [2.24, 2.45) is 0 Å². The van der Waals surface area contributed by atoms with E-state index < -0.39 is 0 Å². The fourth-order valence-corrected chi connectivity index (χ4v) is 3.32. The largest absolute Gasteiger partial charge is 0.369 e. The van der Waals surface area contributed by atoms with Crippen molar-refractivity contribution >= 4 is 17.3 Å². The number of benzene rings is 1. The van der Waals surface area contributed by atoms with Crippen LogP contribution in [0.15, 0.2) is 18.2 Å². The van der Waals surface area contributed by atoms with E-state index in [1.807, 2.05) is 0 Å². The van der Waals surface area contributed by atoms with E-state index in [9.17, 15) is 0 Å². The molecule has 0 aromatic heterocycles. The third-order valence-corrected chi connectivity index (χ3v) is 4.70. The standard InChI is InChI=1S/C17H28ClN3/c1-5-19-14(4)16-7-6-15(12-17(16)18)21-10-8-20(9-11-21)13(2)3/h6-7,12-14,19H,5,8-11H2,1-4H3. The van der Waals surface area contributed by atoms with E-state index in [0.717, 1.165) is 37.7 Å². The van der Waals surface area contributed by atoms with Crippen molar-refractivity contribution in [1.29, 1.82) is 0 Å². The fourth-order valence-electron chi connectivity index (χ4n) is 2.98. The third kappa shape index (κ3) is 4.12. The molecule has 0 amide bonds. The maximum atomic E-state index is 6.48. The van der Waals surface area contributed by atoms with Gasteiger partial charge in [0.1, 0.15) is 0 Å². The van der Waals surface area contributed by atoms with Gasteiger partial charge in [0.05, 0.1) is 0 Å². The summed E-state index contributed by atoms with van der Waals surface area (Å²) >= 11 is 6.48. The number of halogens is 1. The van der Waals surface area contributed by atoms with E-state index in [2.05, 4.69) is 61.0 Å². The Morgan fingerprint density at radius 2 is 1.81 bits per heavy atom. The molecule has 1 saturated heterocycles. The minimum atomic E-state index is 0.300. The van der Waals surface area contributed by atoms with Gasteiger partial charge in [-0.2, -0.15) is 0 Å². The van der Waals surface area contributed by atoms with Crippen LogP contribution in [0.1, 0.15) is 39.3 Å². The molecule has 3 nitrogen and oxygen atoms in total. The normalized spacial score (nSPS) is 18.3. The highest BCUT2D eigenvalue weighted by Gasteiger charge is 2.19. The third-order valence-electron chi connectivity index (χ3n) is 4.37. The molecule has 0 saturated carbocycles. The van der Waals surface area contributed by atoms with Gasteiger partial charge in [0.2, 0.25) is 0 Å². The van der Waals surface area contributed by atoms with E-state index >= 15 is 0 Å². The smallest absolute Gasteiger partial charge is 0.0474 e. The number of piperazine rings is 1. The number of hydrogen-bond donors (Lipinski definition) is 1. The second kappa shape index (κ2) is 7.48. The zero-order valence-electron chi connectivity index (χ0n) is 13.7. The highest BCUT2D eigenvalue weighted by molar-refractivity contribution is 6.31. The predicted molar refractivity (Wildman–Crippen MR) is 92.5 cm³/mol. The van der Waals surface area contributed by atoms with Crippen molar-refractivity contribution in [3.05, 3.63) is 28.8 Å². The molecule has 1 aliphatic rings. The van der Waals surface area contributed by atoms with Gasteiger partial charge in [-0.25, -0.2) is 0 Å². The molecule has 4 heteroatoms. The number of anilines is 1. The van der Waals surface area contributed by atoms with Gasteiger partial charge in [-0.1, -0.05) is 24.6 Å². The number of rotatable bonds is 5. The Morgan fingerprint density at radius 1 is 1.14 bits per heavy atom. The molecule has 0 bridgehead atoms. The summed E-state index contributed by atoms with van der Waals surface area (Å²) in [5.41, 5.74) is 2.43. The van der Waals surface area contributed by atoms with Crippen molar-refractivity contribution < 1.29 is 0 Å². The summed E-state index contributed by atoms with van der Waals surface area (Å²) in [5.74, 6) is 0. The van der Waals surface area contributed by atoms with E-state index in [1.54, 1.807) is 0 Å². The fraction of sp³-hybridized carbons (Fsp3) is 0.647. The minimum Gasteiger partial charge on any atom is -0.369 e. The van der Waals surface area contributed by atoms with Gasteiger partial charge >= 0.3 is 0 Å². The first kappa shape index (κ1) is 16.6. The number of nitrogens with zero attached hydrogens (tertiary/aromatic N) is 2. The van der Waals surface area contributed by atoms with Gasteiger partial charge in [0, 0.05) is 49.0 Å². The Balaban J connectivity index is 2.04. The topological polar surface area (TPSA) is 18.5 Å². The maximum Gasteiger partial charge on any atom is 0.0474 e. The molecule has 0 spiro atoms. The van der Waals surface area contributed by atoms with E-state index in [0.29, 0.717) is 12.1 Å². The number of nitrogens with one attached hydrogen (secondary N) is 1. The monoisotopic (exact) mass is 309 g/mol. The van der Waals surface area contributed by atoms with Crippen LogP contribution < -0.4 is 10.2 Å². The molecule has 1 N–H and O–H groups in total. The Kier molecular flexibility index (Phi) is 5.91. The minimum absolute atomic E-state index is 0.300. The summed E-state index contributed by atoms with van der Waals surface area (Å²) < 4.78 is 0. The molecule has 1 unspecified atom stereocenters. The SMILES string of the molecule is CCNC(C)c1ccc(N2CCN(C(C)C)CC2)cc1Cl. The van der Waals surface area contributed by atoms with Crippen molar-refractivity contribution in [2.45, 2.75) is 39.8 Å². The molecule has 0 aliphatic carbocycles. The molecule has 118 valence electrons. The second-order valence-electron chi connectivity index (χ2n) is 6.10. The lowest BCUT2D eigenvalue weighted by molar-refractivity contribution is 0.209. The zero-order valence-corrected chi connectivity index (χ0v) is 14.5. The van der Waals surface area contributed by atoms with Crippen LogP contribution in [0.3, 0.4) is 0 Å². The van der Waals surface area contributed by atoms with Gasteiger partial charge in [0.15, 0.2) is 0 Å². The lowest BCUT2D eigenvalue weighted by Gasteiger charge is -2.38. The average molecular weight is 310 g/mol. The van der Waals surface area contributed by atoms with Crippen molar-refractivity contribution in [2.75, 3.05) is 37.6 Å². The first-order valence-corrected chi connectivity index (χ1v) is 8.42. The second-order valence-corrected chi connectivity index (χ2v) is 6.51. The van der Waals surface area contributed by atoms with Gasteiger partial charge in [-0.3, -0.25) is 4.90 Å². The Morgan fingerprint density at radius 3 is 2.33 bits per heavy atom. The molecule has 1 heterocycles. The average Bonchev–Trinajstić information content (AvgIpc) is 2.47. The molecular weight excluding hydrogens is 282 g/mol. The molecule has 21 heavy (non-hydrogen) atoms. The van der Waals surface area contributed by atoms with Gasteiger partial charge in [-0.05, 0) is 45.0 Å². The first-order valence-electron chi connectivity index (χ1n) is 8.04. The van der Waals surface area contributed by atoms with E-state index in [-0.39, 0.29) is 0 Å². The molecular formula is C17H28ClN3. The molecule has 0 radical (unpaired) electrons. The molecule has 1 atom stereocenters. The van der Waals surface area contributed by atoms with Crippen LogP contribution in [0, 0.1) is 0 Å². The Hall–Kier alpha value is -0.770. The Bertz CT molecular complexity index is 453. The molecule has 1 aromatic rings. The summed E-state index contributed by atoms with van der Waals surface area (Å²) in [5, 5.41) is 4.28. The summed E-state index contributed by atoms with van der Waals surface area (Å²) in [6, 6.07) is 7.43. The highest BCUT2D eigenvalue weighted by Crippen LogP contribution is 2.28. The van der Waals surface area contributed by atoms with Crippen molar-refractivity contribution in [1.82, 2.24) is 10.2 Å². The molecule has 1 fully saturated rings. The zero-order chi connectivity index (χ0) is 15.4. The summed E-state index contributed by atoms with van der Waals surface area (Å²) in [6.45, 7) is 14.2. The van der Waals surface area contributed by atoms with Crippen LogP contribution in [0.4, 0.5) is 5.69 Å². The van der Waals surface area contributed by atoms with Gasteiger partial charge in [-0.15, -0.1) is 0 Å². The van der Waals surface area contributed by atoms with E-state index in [4.69, 9.17) is 11.6 Å². The van der Waals surface area contributed by atoms with Crippen LogP contribution in [0.5, 0.6) is 0 Å². The summed E-state index contributed by atoms with van der Waals surface area (Å²) in [7, 11) is 0. The molecule has 1 aliphatic heterocycles. The summed E-state index contributed by atoms with van der Waals surface area (Å²) in [6.07, 6.45) is 0. The lowest BCUT2D eigenvalue weighted by atomic mass is 10.1. The van der Waals surface area contributed by atoms with Gasteiger partial charge in [0.25, 0.3) is 0 Å². The predicted octanol–water partition coefficient (Wildman–Crippen LogP) is 3.54. The van der Waals surface area contributed by atoms with Crippen molar-refractivity contribution in [3.8, 4) is 0 Å². The Labute approximate surface area is 134 Å².